The second kappa shape index (κ2) is 14.6. The van der Waals surface area contributed by atoms with E-state index in [1.165, 1.54) is 5.56 Å². The lowest BCUT2D eigenvalue weighted by Crippen LogP contribution is -2.44. The second-order valence-corrected chi connectivity index (χ2v) is 13.2. The van der Waals surface area contributed by atoms with Crippen molar-refractivity contribution in [3.05, 3.63) is 119 Å². The minimum absolute atomic E-state index is 0.00537. The van der Waals surface area contributed by atoms with Gasteiger partial charge in [-0.15, -0.1) is 0 Å². The van der Waals surface area contributed by atoms with Crippen molar-refractivity contribution < 1.29 is 19.5 Å². The number of carboxylic acids is 1. The number of likely N-dealkylation sites (N-methyl/N-ethyl adjacent to an activating group) is 1. The van der Waals surface area contributed by atoms with Crippen molar-refractivity contribution in [3.63, 3.8) is 0 Å². The third-order valence-electron chi connectivity index (χ3n) is 8.64. The van der Waals surface area contributed by atoms with Gasteiger partial charge in [-0.25, -0.2) is 0 Å². The van der Waals surface area contributed by atoms with E-state index in [2.05, 4.69) is 55.1 Å². The van der Waals surface area contributed by atoms with E-state index in [0.717, 1.165) is 54.2 Å². The third-order valence-corrected chi connectivity index (χ3v) is 8.64. The van der Waals surface area contributed by atoms with E-state index in [1.54, 1.807) is 29.2 Å². The van der Waals surface area contributed by atoms with E-state index in [1.807, 2.05) is 60.7 Å². The maximum absolute atomic E-state index is 13.6. The molecule has 1 saturated heterocycles. The number of amides is 2. The quantitative estimate of drug-likeness (QED) is 0.200. The number of nitrogens with one attached hydrogen (secondary N) is 1. The zero-order chi connectivity index (χ0) is 33.6. The molecular formula is C39H44N4O4. The molecule has 244 valence electrons. The maximum Gasteiger partial charge on any atom is 0.305 e. The highest BCUT2D eigenvalue weighted by Gasteiger charge is 2.21. The molecule has 2 amide bonds. The Bertz CT molecular complexity index is 1710. The van der Waals surface area contributed by atoms with Gasteiger partial charge in [0.25, 0.3) is 11.8 Å². The summed E-state index contributed by atoms with van der Waals surface area (Å²) in [5.74, 6) is -1.33. The molecule has 1 heterocycles. The van der Waals surface area contributed by atoms with Crippen molar-refractivity contribution in [1.82, 2.24) is 9.80 Å². The summed E-state index contributed by atoms with van der Waals surface area (Å²) in [6.07, 6.45) is -0.145. The fourth-order valence-corrected chi connectivity index (χ4v) is 5.77. The number of benzene rings is 4. The molecule has 0 aliphatic carbocycles. The lowest BCUT2D eigenvalue weighted by Gasteiger charge is -2.35. The SMILES string of the molecule is CN1CCN(c2ccc(-c3cccc(CN(CCC(=O)O)C(=O)c4ccccc4)c3)cc2NC(=O)c2ccc(C(C)(C)C)cc2)CC1. The van der Waals surface area contributed by atoms with Crippen LogP contribution in [0.15, 0.2) is 97.1 Å². The average Bonchev–Trinajstić information content (AvgIpc) is 3.07. The zero-order valence-electron chi connectivity index (χ0n) is 27.7. The molecule has 8 nitrogen and oxygen atoms in total. The summed E-state index contributed by atoms with van der Waals surface area (Å²) in [5, 5.41) is 12.5. The molecule has 2 N–H and O–H groups in total. The van der Waals surface area contributed by atoms with Crippen molar-refractivity contribution in [2.75, 3.05) is 50.0 Å². The number of carbonyl (C=O) groups excluding carboxylic acids is 2. The van der Waals surface area contributed by atoms with E-state index >= 15 is 0 Å². The average molecular weight is 633 g/mol. The standard InChI is InChI=1S/C39H44N4O4/c1-39(2,3)33-16-13-29(14-17-33)37(46)40-34-26-32(15-18-35(34)42-23-21-41(4)22-24-42)31-12-8-9-28(25-31)27-43(20-19-36(44)45)38(47)30-10-6-5-7-11-30/h5-18,25-26H,19-24,27H2,1-4H3,(H,40,46)(H,44,45). The van der Waals surface area contributed by atoms with Crippen molar-refractivity contribution in [2.24, 2.45) is 0 Å². The molecule has 0 atom stereocenters. The molecule has 1 aliphatic rings. The number of anilines is 2. The first-order valence-corrected chi connectivity index (χ1v) is 16.1. The summed E-state index contributed by atoms with van der Waals surface area (Å²) in [6.45, 7) is 10.4. The van der Waals surface area contributed by atoms with Crippen LogP contribution in [0, 0.1) is 0 Å². The summed E-state index contributed by atoms with van der Waals surface area (Å²) in [7, 11) is 2.12. The number of rotatable bonds is 10. The largest absolute Gasteiger partial charge is 0.481 e. The summed E-state index contributed by atoms with van der Waals surface area (Å²) < 4.78 is 0. The number of hydrogen-bond acceptors (Lipinski definition) is 5. The minimum atomic E-state index is -0.954. The molecule has 0 spiro atoms. The summed E-state index contributed by atoms with van der Waals surface area (Å²) in [6, 6.07) is 30.8. The van der Waals surface area contributed by atoms with E-state index < -0.39 is 5.97 Å². The van der Waals surface area contributed by atoms with Crippen molar-refractivity contribution >= 4 is 29.2 Å². The Morgan fingerprint density at radius 1 is 0.787 bits per heavy atom. The Labute approximate surface area is 277 Å². The highest BCUT2D eigenvalue weighted by molar-refractivity contribution is 6.06. The summed E-state index contributed by atoms with van der Waals surface area (Å²) in [4.78, 5) is 44.5. The predicted octanol–water partition coefficient (Wildman–Crippen LogP) is 6.77. The van der Waals surface area contributed by atoms with Gasteiger partial charge in [0.2, 0.25) is 0 Å². The van der Waals surface area contributed by atoms with E-state index in [0.29, 0.717) is 11.1 Å². The molecule has 1 aliphatic heterocycles. The molecule has 0 bridgehead atoms. The number of hydrogen-bond donors (Lipinski definition) is 2. The fourth-order valence-electron chi connectivity index (χ4n) is 5.77. The number of piperazine rings is 1. The van der Waals surface area contributed by atoms with Crippen LogP contribution in [0.1, 0.15) is 59.0 Å². The topological polar surface area (TPSA) is 93.2 Å². The van der Waals surface area contributed by atoms with Crippen LogP contribution in [-0.4, -0.2) is 72.5 Å². The smallest absolute Gasteiger partial charge is 0.305 e. The van der Waals surface area contributed by atoms with Crippen LogP contribution in [0.5, 0.6) is 0 Å². The first kappa shape index (κ1) is 33.4. The van der Waals surface area contributed by atoms with Gasteiger partial charge in [0.15, 0.2) is 0 Å². The van der Waals surface area contributed by atoms with Crippen molar-refractivity contribution in [1.29, 1.82) is 0 Å². The van der Waals surface area contributed by atoms with Crippen LogP contribution in [0.2, 0.25) is 0 Å². The number of aliphatic carboxylic acids is 1. The highest BCUT2D eigenvalue weighted by atomic mass is 16.4. The Kier molecular flexibility index (Phi) is 10.4. The number of carbonyl (C=O) groups is 3. The molecular weight excluding hydrogens is 588 g/mol. The van der Waals surface area contributed by atoms with Gasteiger partial charge in [0.05, 0.1) is 17.8 Å². The Hall–Kier alpha value is -4.95. The fraction of sp³-hybridized carbons (Fsp3) is 0.308. The minimum Gasteiger partial charge on any atom is -0.481 e. The number of carboxylic acid groups (broad SMARTS) is 1. The van der Waals surface area contributed by atoms with Crippen LogP contribution >= 0.6 is 0 Å². The summed E-state index contributed by atoms with van der Waals surface area (Å²) in [5.41, 5.74) is 6.73. The Morgan fingerprint density at radius 2 is 1.47 bits per heavy atom. The van der Waals surface area contributed by atoms with Crippen LogP contribution in [-0.2, 0) is 16.8 Å². The van der Waals surface area contributed by atoms with Crippen LogP contribution < -0.4 is 10.2 Å². The van der Waals surface area contributed by atoms with Crippen molar-refractivity contribution in [2.45, 2.75) is 39.2 Å². The van der Waals surface area contributed by atoms with Crippen LogP contribution in [0.25, 0.3) is 11.1 Å². The van der Waals surface area contributed by atoms with Gasteiger partial charge in [0.1, 0.15) is 0 Å². The van der Waals surface area contributed by atoms with E-state index in [4.69, 9.17) is 0 Å². The second-order valence-electron chi connectivity index (χ2n) is 13.2. The van der Waals surface area contributed by atoms with Crippen LogP contribution in [0.3, 0.4) is 0 Å². The van der Waals surface area contributed by atoms with Crippen molar-refractivity contribution in [3.8, 4) is 11.1 Å². The Balaban J connectivity index is 1.43. The first-order chi connectivity index (χ1) is 22.5. The lowest BCUT2D eigenvalue weighted by molar-refractivity contribution is -0.137. The van der Waals surface area contributed by atoms with Gasteiger partial charge in [-0.3, -0.25) is 14.4 Å². The van der Waals surface area contributed by atoms with E-state index in [-0.39, 0.29) is 36.7 Å². The molecule has 0 aromatic heterocycles. The van der Waals surface area contributed by atoms with E-state index in [9.17, 15) is 19.5 Å². The van der Waals surface area contributed by atoms with Gasteiger partial charge in [-0.1, -0.05) is 75.4 Å². The van der Waals surface area contributed by atoms with Gasteiger partial charge < -0.3 is 25.1 Å². The normalized spacial score (nSPS) is 13.7. The van der Waals surface area contributed by atoms with Gasteiger partial charge >= 0.3 is 5.97 Å². The first-order valence-electron chi connectivity index (χ1n) is 16.1. The monoisotopic (exact) mass is 632 g/mol. The molecule has 4 aromatic carbocycles. The highest BCUT2D eigenvalue weighted by Crippen LogP contribution is 2.33. The van der Waals surface area contributed by atoms with Gasteiger partial charge in [-0.2, -0.15) is 0 Å². The zero-order valence-corrected chi connectivity index (χ0v) is 27.7. The molecule has 4 aromatic rings. The molecule has 1 fully saturated rings. The number of nitrogens with zero attached hydrogens (tertiary/aromatic N) is 3. The predicted molar refractivity (Wildman–Crippen MR) is 188 cm³/mol. The van der Waals surface area contributed by atoms with Crippen LogP contribution in [0.4, 0.5) is 11.4 Å². The molecule has 8 heteroatoms. The molecule has 0 radical (unpaired) electrons. The van der Waals surface area contributed by atoms with Gasteiger partial charge in [-0.05, 0) is 77.2 Å². The Morgan fingerprint density at radius 3 is 2.13 bits per heavy atom. The lowest BCUT2D eigenvalue weighted by atomic mass is 9.86. The molecule has 47 heavy (non-hydrogen) atoms. The van der Waals surface area contributed by atoms with Gasteiger partial charge in [0, 0.05) is 50.4 Å². The molecule has 0 saturated carbocycles. The molecule has 0 unspecified atom stereocenters. The summed E-state index contributed by atoms with van der Waals surface area (Å²) >= 11 is 0. The maximum atomic E-state index is 13.6. The third kappa shape index (κ3) is 8.65. The molecule has 5 rings (SSSR count).